The number of carbonyl (C=O) groups is 2. The van der Waals surface area contributed by atoms with Crippen LogP contribution in [0.25, 0.3) is 0 Å². The van der Waals surface area contributed by atoms with Gasteiger partial charge in [-0.15, -0.1) is 0 Å². The zero-order chi connectivity index (χ0) is 16.8. The largest absolute Gasteiger partial charge is 0.312 e. The van der Waals surface area contributed by atoms with Crippen molar-refractivity contribution in [2.24, 2.45) is 0 Å². The number of benzene rings is 1. The molecule has 4 heteroatoms. The Morgan fingerprint density at radius 2 is 1.54 bits per heavy atom. The zero-order valence-electron chi connectivity index (χ0n) is 14.5. The minimum absolute atomic E-state index is 0.0862. The summed E-state index contributed by atoms with van der Waals surface area (Å²) in [4.78, 5) is 29.0. The molecule has 0 aromatic heterocycles. The Hall–Kier alpha value is -1.68. The molecule has 0 radical (unpaired) electrons. The predicted octanol–water partition coefficient (Wildman–Crippen LogP) is 3.65. The SMILES string of the molecule is O=C1CCC(=O)N(CCCCN2CCCCCC2)c2ccccc21. The van der Waals surface area contributed by atoms with Crippen LogP contribution in [0.15, 0.2) is 24.3 Å². The normalized spacial score (nSPS) is 19.8. The summed E-state index contributed by atoms with van der Waals surface area (Å²) in [7, 11) is 0. The molecule has 0 saturated carbocycles. The highest BCUT2D eigenvalue weighted by Gasteiger charge is 2.25. The Morgan fingerprint density at radius 3 is 2.33 bits per heavy atom. The van der Waals surface area contributed by atoms with Gasteiger partial charge in [-0.3, -0.25) is 9.59 Å². The molecule has 1 fully saturated rings. The van der Waals surface area contributed by atoms with Crippen LogP contribution < -0.4 is 4.90 Å². The second kappa shape index (κ2) is 8.43. The zero-order valence-corrected chi connectivity index (χ0v) is 14.5. The number of unbranched alkanes of at least 4 members (excludes halogenated alkanes) is 1. The van der Waals surface area contributed by atoms with Gasteiger partial charge in [0.25, 0.3) is 0 Å². The van der Waals surface area contributed by atoms with E-state index in [0.29, 0.717) is 18.4 Å². The molecule has 24 heavy (non-hydrogen) atoms. The Bertz CT molecular complexity index is 577. The number of likely N-dealkylation sites (tertiary alicyclic amines) is 1. The van der Waals surface area contributed by atoms with Crippen molar-refractivity contribution in [3.63, 3.8) is 0 Å². The van der Waals surface area contributed by atoms with Crippen LogP contribution >= 0.6 is 0 Å². The minimum Gasteiger partial charge on any atom is -0.312 e. The first kappa shape index (κ1) is 17.2. The first-order valence-electron chi connectivity index (χ1n) is 9.40. The molecule has 0 bridgehead atoms. The van der Waals surface area contributed by atoms with Gasteiger partial charge < -0.3 is 9.80 Å². The number of Topliss-reactive ketones (excluding diaryl/α,β-unsaturated/α-hetero) is 1. The van der Waals surface area contributed by atoms with Crippen LogP contribution in [0.1, 0.15) is 61.7 Å². The monoisotopic (exact) mass is 328 g/mol. The summed E-state index contributed by atoms with van der Waals surface area (Å²) in [6.45, 7) is 4.29. The van der Waals surface area contributed by atoms with E-state index in [2.05, 4.69) is 4.90 Å². The number of ketones is 1. The van der Waals surface area contributed by atoms with Crippen molar-refractivity contribution in [2.45, 2.75) is 51.4 Å². The average Bonchev–Trinajstić information content (AvgIpc) is 2.93. The molecule has 1 aromatic carbocycles. The number of hydrogen-bond acceptors (Lipinski definition) is 3. The smallest absolute Gasteiger partial charge is 0.227 e. The Labute approximate surface area is 144 Å². The topological polar surface area (TPSA) is 40.6 Å². The molecule has 1 aromatic rings. The maximum atomic E-state index is 12.4. The van der Waals surface area contributed by atoms with E-state index in [1.807, 2.05) is 29.2 Å². The summed E-state index contributed by atoms with van der Waals surface area (Å²) in [5, 5.41) is 0. The summed E-state index contributed by atoms with van der Waals surface area (Å²) in [5.74, 6) is 0.175. The van der Waals surface area contributed by atoms with E-state index in [4.69, 9.17) is 0 Å². The van der Waals surface area contributed by atoms with Gasteiger partial charge in [-0.1, -0.05) is 25.0 Å². The van der Waals surface area contributed by atoms with Crippen LogP contribution in [0.2, 0.25) is 0 Å². The van der Waals surface area contributed by atoms with Gasteiger partial charge in [-0.2, -0.15) is 0 Å². The third kappa shape index (κ3) is 4.23. The first-order valence-corrected chi connectivity index (χ1v) is 9.40. The van der Waals surface area contributed by atoms with Crippen molar-refractivity contribution in [2.75, 3.05) is 31.1 Å². The van der Waals surface area contributed by atoms with Crippen molar-refractivity contribution < 1.29 is 9.59 Å². The van der Waals surface area contributed by atoms with E-state index in [1.54, 1.807) is 0 Å². The molecule has 1 saturated heterocycles. The summed E-state index contributed by atoms with van der Waals surface area (Å²) >= 11 is 0. The van der Waals surface area contributed by atoms with Crippen molar-refractivity contribution >= 4 is 17.4 Å². The summed E-state index contributed by atoms with van der Waals surface area (Å²) in [6.07, 6.45) is 8.14. The highest BCUT2D eigenvalue weighted by Crippen LogP contribution is 2.27. The number of para-hydroxylation sites is 1. The van der Waals surface area contributed by atoms with E-state index in [-0.39, 0.29) is 11.7 Å². The second-order valence-electron chi connectivity index (χ2n) is 6.95. The number of carbonyl (C=O) groups excluding carboxylic acids is 2. The van der Waals surface area contributed by atoms with Gasteiger partial charge in [-0.05, 0) is 57.5 Å². The summed E-state index contributed by atoms with van der Waals surface area (Å²) in [5.41, 5.74) is 1.51. The average molecular weight is 328 g/mol. The molecular weight excluding hydrogens is 300 g/mol. The molecule has 130 valence electrons. The standard InChI is InChI=1S/C20H28N2O2/c23-19-11-12-20(24)22(18-10-4-3-9-17(18)19)16-8-7-15-21-13-5-1-2-6-14-21/h3-4,9-10H,1-2,5-8,11-16H2. The fourth-order valence-corrected chi connectivity index (χ4v) is 3.78. The lowest BCUT2D eigenvalue weighted by molar-refractivity contribution is -0.118. The van der Waals surface area contributed by atoms with Crippen molar-refractivity contribution in [3.8, 4) is 0 Å². The fraction of sp³-hybridized carbons (Fsp3) is 0.600. The number of hydrogen-bond donors (Lipinski definition) is 0. The number of nitrogens with zero attached hydrogens (tertiary/aromatic N) is 2. The van der Waals surface area contributed by atoms with Gasteiger partial charge >= 0.3 is 0 Å². The predicted molar refractivity (Wildman–Crippen MR) is 96.5 cm³/mol. The molecular formula is C20H28N2O2. The van der Waals surface area contributed by atoms with E-state index < -0.39 is 0 Å². The van der Waals surface area contributed by atoms with E-state index in [0.717, 1.165) is 31.6 Å². The lowest BCUT2D eigenvalue weighted by atomic mass is 10.1. The van der Waals surface area contributed by atoms with Crippen molar-refractivity contribution in [3.05, 3.63) is 29.8 Å². The summed E-state index contributed by atoms with van der Waals surface area (Å²) in [6, 6.07) is 7.55. The van der Waals surface area contributed by atoms with Gasteiger partial charge in [0.1, 0.15) is 0 Å². The quantitative estimate of drug-likeness (QED) is 0.775. The van der Waals surface area contributed by atoms with E-state index >= 15 is 0 Å². The van der Waals surface area contributed by atoms with Gasteiger partial charge in [0.05, 0.1) is 5.69 Å². The van der Waals surface area contributed by atoms with Gasteiger partial charge in [0.15, 0.2) is 5.78 Å². The van der Waals surface area contributed by atoms with E-state index in [1.165, 1.54) is 38.8 Å². The molecule has 2 aliphatic heterocycles. The maximum absolute atomic E-state index is 12.4. The molecule has 1 amide bonds. The second-order valence-corrected chi connectivity index (χ2v) is 6.95. The number of anilines is 1. The van der Waals surface area contributed by atoms with Crippen LogP contribution in [0.4, 0.5) is 5.69 Å². The molecule has 3 rings (SSSR count). The molecule has 2 heterocycles. The lowest BCUT2D eigenvalue weighted by Crippen LogP contribution is -2.32. The van der Waals surface area contributed by atoms with E-state index in [9.17, 15) is 9.59 Å². The van der Waals surface area contributed by atoms with Gasteiger partial charge in [0.2, 0.25) is 5.91 Å². The Kier molecular flexibility index (Phi) is 6.02. The summed E-state index contributed by atoms with van der Waals surface area (Å²) < 4.78 is 0. The molecule has 0 spiro atoms. The third-order valence-electron chi connectivity index (χ3n) is 5.17. The number of amides is 1. The fourth-order valence-electron chi connectivity index (χ4n) is 3.78. The van der Waals surface area contributed by atoms with Crippen LogP contribution in [-0.2, 0) is 4.79 Å². The lowest BCUT2D eigenvalue weighted by Gasteiger charge is -2.24. The number of rotatable bonds is 5. The van der Waals surface area contributed by atoms with Crippen LogP contribution in [0.5, 0.6) is 0 Å². The van der Waals surface area contributed by atoms with Crippen LogP contribution in [-0.4, -0.2) is 42.8 Å². The first-order chi connectivity index (χ1) is 11.8. The highest BCUT2D eigenvalue weighted by atomic mass is 16.2. The van der Waals surface area contributed by atoms with Crippen molar-refractivity contribution in [1.82, 2.24) is 4.90 Å². The minimum atomic E-state index is 0.0862. The van der Waals surface area contributed by atoms with Gasteiger partial charge in [0, 0.05) is 24.9 Å². The molecule has 0 atom stereocenters. The Morgan fingerprint density at radius 1 is 0.833 bits per heavy atom. The van der Waals surface area contributed by atoms with Crippen LogP contribution in [0, 0.1) is 0 Å². The molecule has 2 aliphatic rings. The molecule has 4 nitrogen and oxygen atoms in total. The van der Waals surface area contributed by atoms with Gasteiger partial charge in [-0.25, -0.2) is 0 Å². The molecule has 0 aliphatic carbocycles. The molecule has 0 unspecified atom stereocenters. The third-order valence-corrected chi connectivity index (χ3v) is 5.17. The molecule has 0 N–H and O–H groups in total. The van der Waals surface area contributed by atoms with Crippen molar-refractivity contribution in [1.29, 1.82) is 0 Å². The highest BCUT2D eigenvalue weighted by molar-refractivity contribution is 6.09. The van der Waals surface area contributed by atoms with Crippen LogP contribution in [0.3, 0.4) is 0 Å². The Balaban J connectivity index is 1.56. The number of fused-ring (bicyclic) bond motifs is 1. The maximum Gasteiger partial charge on any atom is 0.227 e.